The number of ether oxygens (including phenoxy) is 1. The largest absolute Gasteiger partial charge is 0.453 e. The number of nitrogens with two attached hydrogens (primary N) is 1. The van der Waals surface area contributed by atoms with E-state index in [0.29, 0.717) is 12.4 Å². The maximum atomic E-state index is 11.3. The summed E-state index contributed by atoms with van der Waals surface area (Å²) in [6.07, 6.45) is 1.12. The monoisotopic (exact) mass is 226 g/mol. The fourth-order valence-corrected chi connectivity index (χ4v) is 1.25. The van der Waals surface area contributed by atoms with Crippen molar-refractivity contribution in [3.05, 3.63) is 23.2 Å². The van der Waals surface area contributed by atoms with Gasteiger partial charge in [-0.05, 0) is 26.3 Å². The second-order valence-corrected chi connectivity index (χ2v) is 3.73. The van der Waals surface area contributed by atoms with Crippen LogP contribution in [-0.2, 0) is 11.3 Å². The van der Waals surface area contributed by atoms with Crippen LogP contribution in [0.4, 0.5) is 0 Å². The molecular formula is C11H18N2O3. The summed E-state index contributed by atoms with van der Waals surface area (Å²) in [5, 5.41) is 0. The fraction of sp³-hybridized carbons (Fsp3) is 0.545. The molecule has 1 unspecified atom stereocenters. The molecule has 0 spiro atoms. The van der Waals surface area contributed by atoms with Crippen LogP contribution >= 0.6 is 0 Å². The molecule has 16 heavy (non-hydrogen) atoms. The minimum absolute atomic E-state index is 0.178. The summed E-state index contributed by atoms with van der Waals surface area (Å²) in [7, 11) is 0. The van der Waals surface area contributed by atoms with Gasteiger partial charge in [0.15, 0.2) is 5.76 Å². The van der Waals surface area contributed by atoms with Crippen LogP contribution in [0.1, 0.15) is 42.1 Å². The van der Waals surface area contributed by atoms with Gasteiger partial charge in [-0.25, -0.2) is 5.84 Å². The van der Waals surface area contributed by atoms with E-state index in [9.17, 15) is 4.79 Å². The van der Waals surface area contributed by atoms with Crippen molar-refractivity contribution in [1.29, 1.82) is 0 Å². The van der Waals surface area contributed by atoms with E-state index < -0.39 is 5.91 Å². The van der Waals surface area contributed by atoms with Crippen LogP contribution in [0.25, 0.3) is 0 Å². The van der Waals surface area contributed by atoms with E-state index >= 15 is 0 Å². The summed E-state index contributed by atoms with van der Waals surface area (Å²) in [5.74, 6) is 5.49. The number of furan rings is 1. The number of hydrogen-bond donors (Lipinski definition) is 2. The van der Waals surface area contributed by atoms with Crippen molar-refractivity contribution < 1.29 is 13.9 Å². The zero-order valence-electron chi connectivity index (χ0n) is 9.87. The molecular weight excluding hydrogens is 208 g/mol. The maximum Gasteiger partial charge on any atom is 0.301 e. The average molecular weight is 226 g/mol. The molecule has 1 amide bonds. The Balaban J connectivity index is 2.66. The molecule has 0 saturated carbocycles. The maximum absolute atomic E-state index is 11.3. The number of nitrogen functional groups attached to an aromatic ring is 1. The Kier molecular flexibility index (Phi) is 4.52. The number of hydrogen-bond acceptors (Lipinski definition) is 4. The zero-order chi connectivity index (χ0) is 12.1. The lowest BCUT2D eigenvalue weighted by Crippen LogP contribution is -2.30. The lowest BCUT2D eigenvalue weighted by atomic mass is 10.2. The highest BCUT2D eigenvalue weighted by atomic mass is 16.5. The number of rotatable bonds is 5. The molecule has 1 aromatic heterocycles. The zero-order valence-corrected chi connectivity index (χ0v) is 9.87. The van der Waals surface area contributed by atoms with E-state index in [0.717, 1.165) is 12.0 Å². The van der Waals surface area contributed by atoms with E-state index in [1.807, 2.05) is 19.3 Å². The number of hydrazine groups is 1. The van der Waals surface area contributed by atoms with Crippen LogP contribution in [0.3, 0.4) is 0 Å². The highest BCUT2D eigenvalue weighted by Crippen LogP contribution is 2.16. The Hall–Kier alpha value is -1.33. The SMILES string of the molecule is CCC(C)OCc1cc(C)c(C(=O)NN)o1. The number of nitrogens with one attached hydrogen (secondary N) is 1. The summed E-state index contributed by atoms with van der Waals surface area (Å²) >= 11 is 0. The Morgan fingerprint density at radius 2 is 2.38 bits per heavy atom. The summed E-state index contributed by atoms with van der Waals surface area (Å²) in [5.41, 5.74) is 2.79. The number of amides is 1. The Morgan fingerprint density at radius 3 is 2.94 bits per heavy atom. The van der Waals surface area contributed by atoms with Crippen molar-refractivity contribution >= 4 is 5.91 Å². The average Bonchev–Trinajstić information content (AvgIpc) is 2.66. The van der Waals surface area contributed by atoms with Crippen LogP contribution in [0, 0.1) is 6.92 Å². The van der Waals surface area contributed by atoms with Gasteiger partial charge in [-0.3, -0.25) is 10.2 Å². The molecule has 0 radical (unpaired) electrons. The minimum atomic E-state index is -0.424. The van der Waals surface area contributed by atoms with Crippen molar-refractivity contribution in [3.63, 3.8) is 0 Å². The third kappa shape index (κ3) is 3.08. The van der Waals surface area contributed by atoms with E-state index in [2.05, 4.69) is 0 Å². The quantitative estimate of drug-likeness (QED) is 0.453. The smallest absolute Gasteiger partial charge is 0.301 e. The van der Waals surface area contributed by atoms with Crippen LogP contribution in [0.2, 0.25) is 0 Å². The van der Waals surface area contributed by atoms with E-state index in [1.54, 1.807) is 13.0 Å². The topological polar surface area (TPSA) is 77.5 Å². The van der Waals surface area contributed by atoms with Gasteiger partial charge in [0.2, 0.25) is 0 Å². The van der Waals surface area contributed by atoms with Gasteiger partial charge in [0.25, 0.3) is 0 Å². The highest BCUT2D eigenvalue weighted by molar-refractivity contribution is 5.92. The molecule has 0 saturated heterocycles. The second-order valence-electron chi connectivity index (χ2n) is 3.73. The first-order chi connectivity index (χ1) is 7.58. The normalized spacial score (nSPS) is 12.5. The molecule has 5 heteroatoms. The molecule has 5 nitrogen and oxygen atoms in total. The molecule has 0 fully saturated rings. The lowest BCUT2D eigenvalue weighted by Gasteiger charge is -2.08. The third-order valence-corrected chi connectivity index (χ3v) is 2.39. The van der Waals surface area contributed by atoms with Gasteiger partial charge in [0.05, 0.1) is 6.10 Å². The van der Waals surface area contributed by atoms with Crippen molar-refractivity contribution in [1.82, 2.24) is 5.43 Å². The van der Waals surface area contributed by atoms with Gasteiger partial charge in [0, 0.05) is 5.56 Å². The van der Waals surface area contributed by atoms with E-state index in [1.165, 1.54) is 0 Å². The molecule has 0 aromatic carbocycles. The van der Waals surface area contributed by atoms with Gasteiger partial charge >= 0.3 is 5.91 Å². The fourth-order valence-electron chi connectivity index (χ4n) is 1.25. The van der Waals surface area contributed by atoms with Crippen LogP contribution in [-0.4, -0.2) is 12.0 Å². The summed E-state index contributed by atoms with van der Waals surface area (Å²) in [6.45, 7) is 6.20. The van der Waals surface area contributed by atoms with E-state index in [4.69, 9.17) is 15.0 Å². The molecule has 0 aliphatic rings. The van der Waals surface area contributed by atoms with Crippen molar-refractivity contribution in [2.24, 2.45) is 5.84 Å². The summed E-state index contributed by atoms with van der Waals surface area (Å²) in [4.78, 5) is 11.3. The van der Waals surface area contributed by atoms with Crippen LogP contribution in [0.5, 0.6) is 0 Å². The van der Waals surface area contributed by atoms with Crippen LogP contribution in [0.15, 0.2) is 10.5 Å². The second kappa shape index (κ2) is 5.67. The number of carbonyl (C=O) groups is 1. The number of carbonyl (C=O) groups excluding carboxylic acids is 1. The molecule has 0 aliphatic heterocycles. The third-order valence-electron chi connectivity index (χ3n) is 2.39. The molecule has 3 N–H and O–H groups in total. The molecule has 0 aliphatic carbocycles. The molecule has 1 aromatic rings. The number of aryl methyl sites for hydroxylation is 1. The van der Waals surface area contributed by atoms with Gasteiger partial charge in [-0.15, -0.1) is 0 Å². The first-order valence-corrected chi connectivity index (χ1v) is 5.30. The van der Waals surface area contributed by atoms with Gasteiger partial charge < -0.3 is 9.15 Å². The summed E-state index contributed by atoms with van der Waals surface area (Å²) < 4.78 is 10.8. The predicted molar refractivity (Wildman–Crippen MR) is 59.6 cm³/mol. The Labute approximate surface area is 94.9 Å². The molecule has 90 valence electrons. The van der Waals surface area contributed by atoms with Gasteiger partial charge in [-0.1, -0.05) is 6.92 Å². The minimum Gasteiger partial charge on any atom is -0.453 e. The summed E-state index contributed by atoms with van der Waals surface area (Å²) in [6, 6.07) is 1.78. The van der Waals surface area contributed by atoms with Gasteiger partial charge in [-0.2, -0.15) is 0 Å². The molecule has 1 heterocycles. The van der Waals surface area contributed by atoms with Crippen molar-refractivity contribution in [3.8, 4) is 0 Å². The standard InChI is InChI=1S/C11H18N2O3/c1-4-8(3)15-6-9-5-7(2)10(16-9)11(14)13-12/h5,8H,4,6,12H2,1-3H3,(H,13,14). The Morgan fingerprint density at radius 1 is 1.69 bits per heavy atom. The highest BCUT2D eigenvalue weighted by Gasteiger charge is 2.14. The predicted octanol–water partition coefficient (Wildman–Crippen LogP) is 1.51. The van der Waals surface area contributed by atoms with Crippen LogP contribution < -0.4 is 11.3 Å². The van der Waals surface area contributed by atoms with Gasteiger partial charge in [0.1, 0.15) is 12.4 Å². The molecule has 1 atom stereocenters. The lowest BCUT2D eigenvalue weighted by molar-refractivity contribution is 0.0400. The van der Waals surface area contributed by atoms with E-state index in [-0.39, 0.29) is 11.9 Å². The van der Waals surface area contributed by atoms with Crippen molar-refractivity contribution in [2.45, 2.75) is 39.9 Å². The molecule has 0 bridgehead atoms. The van der Waals surface area contributed by atoms with Crippen molar-refractivity contribution in [2.75, 3.05) is 0 Å². The first-order valence-electron chi connectivity index (χ1n) is 5.30. The first kappa shape index (κ1) is 12.7. The Bertz CT molecular complexity index is 360. The molecule has 1 rings (SSSR count).